The van der Waals surface area contributed by atoms with E-state index in [0.29, 0.717) is 5.56 Å². The number of hydrogen-bond acceptors (Lipinski definition) is 2. The molecule has 0 saturated carbocycles. The monoisotopic (exact) mass is 251 g/mol. The first-order chi connectivity index (χ1) is 8.51. The van der Waals surface area contributed by atoms with Crippen molar-refractivity contribution in [2.24, 2.45) is 0 Å². The molecule has 1 aliphatic heterocycles. The zero-order valence-corrected chi connectivity index (χ0v) is 11.2. The third-order valence-corrected chi connectivity index (χ3v) is 4.00. The van der Waals surface area contributed by atoms with Gasteiger partial charge in [-0.25, -0.2) is 4.39 Å². The molecule has 2 nitrogen and oxygen atoms in total. The highest BCUT2D eigenvalue weighted by Crippen LogP contribution is 2.33. The van der Waals surface area contributed by atoms with Crippen molar-refractivity contribution in [3.05, 3.63) is 35.6 Å². The van der Waals surface area contributed by atoms with E-state index < -0.39 is 6.10 Å². The lowest BCUT2D eigenvalue weighted by atomic mass is 9.88. The van der Waals surface area contributed by atoms with Crippen LogP contribution in [0, 0.1) is 5.82 Å². The molecule has 1 fully saturated rings. The van der Waals surface area contributed by atoms with E-state index >= 15 is 0 Å². The number of piperidine rings is 1. The minimum atomic E-state index is -0.661. The molecule has 0 aliphatic carbocycles. The molecule has 1 N–H and O–H groups in total. The van der Waals surface area contributed by atoms with Gasteiger partial charge >= 0.3 is 0 Å². The molecule has 18 heavy (non-hydrogen) atoms. The maximum Gasteiger partial charge on any atom is 0.123 e. The summed E-state index contributed by atoms with van der Waals surface area (Å²) in [6, 6.07) is 6.28. The summed E-state index contributed by atoms with van der Waals surface area (Å²) >= 11 is 0. The second kappa shape index (κ2) is 5.37. The van der Waals surface area contributed by atoms with E-state index in [2.05, 4.69) is 4.90 Å². The maximum absolute atomic E-state index is 13.2. The summed E-state index contributed by atoms with van der Waals surface area (Å²) in [6.07, 6.45) is 2.97. The van der Waals surface area contributed by atoms with E-state index in [9.17, 15) is 9.50 Å². The van der Waals surface area contributed by atoms with Crippen LogP contribution in [0.1, 0.15) is 44.8 Å². The van der Waals surface area contributed by atoms with Crippen molar-refractivity contribution in [2.75, 3.05) is 13.1 Å². The highest BCUT2D eigenvalue weighted by molar-refractivity contribution is 5.21. The summed E-state index contributed by atoms with van der Waals surface area (Å²) in [6.45, 7) is 6.10. The summed E-state index contributed by atoms with van der Waals surface area (Å²) in [5.74, 6) is -0.291. The molecule has 1 aliphatic rings. The number of likely N-dealkylation sites (tertiary alicyclic amines) is 1. The van der Waals surface area contributed by atoms with Crippen LogP contribution in [0.3, 0.4) is 0 Å². The number of aliphatic hydroxyl groups is 1. The van der Waals surface area contributed by atoms with Crippen molar-refractivity contribution in [2.45, 2.75) is 44.8 Å². The second-order valence-electron chi connectivity index (χ2n) is 5.66. The minimum Gasteiger partial charge on any atom is -0.386 e. The van der Waals surface area contributed by atoms with Gasteiger partial charge in [-0.2, -0.15) is 0 Å². The van der Waals surface area contributed by atoms with Crippen molar-refractivity contribution in [3.63, 3.8) is 0 Å². The highest BCUT2D eigenvalue weighted by Gasteiger charge is 2.35. The fraction of sp³-hybridized carbons (Fsp3) is 0.600. The van der Waals surface area contributed by atoms with Crippen molar-refractivity contribution in [3.8, 4) is 0 Å². The molecule has 0 amide bonds. The van der Waals surface area contributed by atoms with E-state index in [1.807, 2.05) is 13.8 Å². The average Bonchev–Trinajstić information content (AvgIpc) is 2.39. The SMILES string of the molecule is CC(C)(C(O)c1cccc(F)c1)N1CCCCC1. The molecular formula is C15H22FNO. The Hall–Kier alpha value is -0.930. The van der Waals surface area contributed by atoms with Gasteiger partial charge in [0.2, 0.25) is 0 Å². The summed E-state index contributed by atoms with van der Waals surface area (Å²) < 4.78 is 13.2. The molecule has 1 aromatic carbocycles. The lowest BCUT2D eigenvalue weighted by Crippen LogP contribution is -2.50. The smallest absolute Gasteiger partial charge is 0.123 e. The first-order valence-corrected chi connectivity index (χ1v) is 6.70. The lowest BCUT2D eigenvalue weighted by Gasteiger charge is -2.44. The predicted molar refractivity (Wildman–Crippen MR) is 70.9 cm³/mol. The number of benzene rings is 1. The van der Waals surface area contributed by atoms with Crippen LogP contribution in [0.4, 0.5) is 4.39 Å². The Labute approximate surface area is 108 Å². The summed E-state index contributed by atoms with van der Waals surface area (Å²) in [5.41, 5.74) is 0.305. The highest BCUT2D eigenvalue weighted by atomic mass is 19.1. The molecule has 0 spiro atoms. The lowest BCUT2D eigenvalue weighted by molar-refractivity contribution is -0.0210. The molecule has 1 heterocycles. The minimum absolute atomic E-state index is 0.291. The molecule has 1 aromatic rings. The van der Waals surface area contributed by atoms with E-state index in [0.717, 1.165) is 13.1 Å². The van der Waals surface area contributed by atoms with E-state index in [-0.39, 0.29) is 11.4 Å². The zero-order chi connectivity index (χ0) is 13.2. The molecule has 1 unspecified atom stereocenters. The molecule has 1 saturated heterocycles. The number of nitrogens with zero attached hydrogens (tertiary/aromatic N) is 1. The van der Waals surface area contributed by atoms with Gasteiger partial charge in [-0.3, -0.25) is 4.90 Å². The van der Waals surface area contributed by atoms with Gasteiger partial charge in [-0.15, -0.1) is 0 Å². The summed E-state index contributed by atoms with van der Waals surface area (Å²) in [5, 5.41) is 10.5. The molecule has 2 rings (SSSR count). The Balaban J connectivity index is 2.17. The Morgan fingerprint density at radius 1 is 1.22 bits per heavy atom. The van der Waals surface area contributed by atoms with Gasteiger partial charge in [0.25, 0.3) is 0 Å². The van der Waals surface area contributed by atoms with Gasteiger partial charge in [0, 0.05) is 5.54 Å². The molecule has 100 valence electrons. The molecule has 0 radical (unpaired) electrons. The van der Waals surface area contributed by atoms with Crippen LogP contribution in [0.25, 0.3) is 0 Å². The normalized spacial score (nSPS) is 19.8. The van der Waals surface area contributed by atoms with E-state index in [1.54, 1.807) is 12.1 Å². The van der Waals surface area contributed by atoms with Gasteiger partial charge in [0.1, 0.15) is 5.82 Å². The van der Waals surface area contributed by atoms with Gasteiger partial charge in [0.15, 0.2) is 0 Å². The quantitative estimate of drug-likeness (QED) is 0.892. The standard InChI is InChI=1S/C15H22FNO/c1-15(2,17-9-4-3-5-10-17)14(18)12-7-6-8-13(16)11-12/h6-8,11,14,18H,3-5,9-10H2,1-2H3. The Kier molecular flexibility index (Phi) is 4.03. The van der Waals surface area contributed by atoms with Crippen molar-refractivity contribution >= 4 is 0 Å². The molecule has 0 bridgehead atoms. The molecular weight excluding hydrogens is 229 g/mol. The first-order valence-electron chi connectivity index (χ1n) is 6.70. The third-order valence-electron chi connectivity index (χ3n) is 4.00. The van der Waals surface area contributed by atoms with Crippen LogP contribution in [0.15, 0.2) is 24.3 Å². The van der Waals surface area contributed by atoms with E-state index in [4.69, 9.17) is 0 Å². The number of halogens is 1. The topological polar surface area (TPSA) is 23.5 Å². The van der Waals surface area contributed by atoms with Crippen LogP contribution in [0.2, 0.25) is 0 Å². The predicted octanol–water partition coefficient (Wildman–Crippen LogP) is 3.12. The van der Waals surface area contributed by atoms with Gasteiger partial charge in [-0.1, -0.05) is 18.6 Å². The van der Waals surface area contributed by atoms with Gasteiger partial charge in [-0.05, 0) is 57.5 Å². The largest absolute Gasteiger partial charge is 0.386 e. The third kappa shape index (κ3) is 2.73. The van der Waals surface area contributed by atoms with Gasteiger partial charge < -0.3 is 5.11 Å². The van der Waals surface area contributed by atoms with E-state index in [1.165, 1.54) is 31.4 Å². The number of aliphatic hydroxyl groups excluding tert-OH is 1. The van der Waals surface area contributed by atoms with Crippen LogP contribution >= 0.6 is 0 Å². The fourth-order valence-electron chi connectivity index (χ4n) is 2.73. The molecule has 0 aromatic heterocycles. The zero-order valence-electron chi connectivity index (χ0n) is 11.2. The van der Waals surface area contributed by atoms with Crippen molar-refractivity contribution < 1.29 is 9.50 Å². The fourth-order valence-corrected chi connectivity index (χ4v) is 2.73. The maximum atomic E-state index is 13.2. The van der Waals surface area contributed by atoms with Crippen LogP contribution in [-0.2, 0) is 0 Å². The Morgan fingerprint density at radius 2 is 1.89 bits per heavy atom. The molecule has 1 atom stereocenters. The van der Waals surface area contributed by atoms with Crippen molar-refractivity contribution in [1.82, 2.24) is 4.90 Å². The summed E-state index contributed by atoms with van der Waals surface area (Å²) in [4.78, 5) is 2.31. The number of hydrogen-bond donors (Lipinski definition) is 1. The Bertz CT molecular complexity index is 399. The van der Waals surface area contributed by atoms with Crippen LogP contribution in [-0.4, -0.2) is 28.6 Å². The Morgan fingerprint density at radius 3 is 2.50 bits per heavy atom. The van der Waals surface area contributed by atoms with Gasteiger partial charge in [0.05, 0.1) is 6.10 Å². The van der Waals surface area contributed by atoms with Crippen LogP contribution < -0.4 is 0 Å². The summed E-state index contributed by atoms with van der Waals surface area (Å²) in [7, 11) is 0. The van der Waals surface area contributed by atoms with Crippen LogP contribution in [0.5, 0.6) is 0 Å². The van der Waals surface area contributed by atoms with Crippen molar-refractivity contribution in [1.29, 1.82) is 0 Å². The number of rotatable bonds is 3. The first kappa shape index (κ1) is 13.5. The molecule has 3 heteroatoms. The average molecular weight is 251 g/mol. The second-order valence-corrected chi connectivity index (χ2v) is 5.66.